The standard InChI is InChI=1S/C13H20N2O3/c1-3-7-14-12-9-11(10-18-8-4-2)5-6-13(12)15(16)17/h5-6,9,14H,3-4,7-8,10H2,1-2H3. The molecule has 1 rings (SSSR count). The molecule has 100 valence electrons. The summed E-state index contributed by atoms with van der Waals surface area (Å²) in [6.45, 7) is 5.98. The van der Waals surface area contributed by atoms with E-state index in [1.807, 2.05) is 13.8 Å². The average Bonchev–Trinajstić information content (AvgIpc) is 2.36. The lowest BCUT2D eigenvalue weighted by Gasteiger charge is -2.08. The largest absolute Gasteiger partial charge is 0.379 e. The number of nitro benzene ring substituents is 1. The second kappa shape index (κ2) is 7.66. The van der Waals surface area contributed by atoms with E-state index in [-0.39, 0.29) is 10.6 Å². The maximum atomic E-state index is 10.9. The highest BCUT2D eigenvalue weighted by Gasteiger charge is 2.13. The number of rotatable bonds is 8. The molecule has 0 aliphatic carbocycles. The summed E-state index contributed by atoms with van der Waals surface area (Å²) >= 11 is 0. The van der Waals surface area contributed by atoms with Gasteiger partial charge in [-0.2, -0.15) is 0 Å². The van der Waals surface area contributed by atoms with Crippen LogP contribution in [-0.4, -0.2) is 18.1 Å². The van der Waals surface area contributed by atoms with Crippen molar-refractivity contribution < 1.29 is 9.66 Å². The fourth-order valence-corrected chi connectivity index (χ4v) is 1.57. The van der Waals surface area contributed by atoms with Gasteiger partial charge in [0.05, 0.1) is 11.5 Å². The summed E-state index contributed by atoms with van der Waals surface area (Å²) in [5.74, 6) is 0. The fourth-order valence-electron chi connectivity index (χ4n) is 1.57. The van der Waals surface area contributed by atoms with Crippen LogP contribution in [0.5, 0.6) is 0 Å². The highest BCUT2D eigenvalue weighted by atomic mass is 16.6. The molecule has 1 aromatic carbocycles. The van der Waals surface area contributed by atoms with Gasteiger partial charge in [-0.25, -0.2) is 0 Å². The third-order valence-corrected chi connectivity index (χ3v) is 2.44. The van der Waals surface area contributed by atoms with Gasteiger partial charge >= 0.3 is 0 Å². The first-order chi connectivity index (χ1) is 8.69. The van der Waals surface area contributed by atoms with Crippen molar-refractivity contribution in [3.8, 4) is 0 Å². The Hall–Kier alpha value is -1.62. The smallest absolute Gasteiger partial charge is 0.292 e. The van der Waals surface area contributed by atoms with Gasteiger partial charge in [0.15, 0.2) is 0 Å². The molecule has 5 nitrogen and oxygen atoms in total. The maximum Gasteiger partial charge on any atom is 0.292 e. The van der Waals surface area contributed by atoms with Gasteiger partial charge in [0.25, 0.3) is 5.69 Å². The van der Waals surface area contributed by atoms with Gasteiger partial charge in [-0.1, -0.05) is 13.8 Å². The maximum absolute atomic E-state index is 10.9. The van der Waals surface area contributed by atoms with Crippen molar-refractivity contribution >= 4 is 11.4 Å². The molecule has 0 aliphatic rings. The molecule has 0 saturated carbocycles. The van der Waals surface area contributed by atoms with Crippen LogP contribution in [0.25, 0.3) is 0 Å². The van der Waals surface area contributed by atoms with E-state index in [9.17, 15) is 10.1 Å². The molecule has 0 radical (unpaired) electrons. The molecule has 5 heteroatoms. The highest BCUT2D eigenvalue weighted by Crippen LogP contribution is 2.25. The lowest BCUT2D eigenvalue weighted by atomic mass is 10.2. The van der Waals surface area contributed by atoms with E-state index in [2.05, 4.69) is 5.32 Å². The number of hydrogen-bond donors (Lipinski definition) is 1. The molecule has 0 spiro atoms. The van der Waals surface area contributed by atoms with Gasteiger partial charge in [0, 0.05) is 19.2 Å². The van der Waals surface area contributed by atoms with Gasteiger partial charge in [-0.3, -0.25) is 10.1 Å². The third kappa shape index (κ3) is 4.33. The van der Waals surface area contributed by atoms with Crippen LogP contribution in [0.1, 0.15) is 32.3 Å². The zero-order valence-electron chi connectivity index (χ0n) is 10.9. The summed E-state index contributed by atoms with van der Waals surface area (Å²) in [5.41, 5.74) is 1.63. The fraction of sp³-hybridized carbons (Fsp3) is 0.538. The van der Waals surface area contributed by atoms with Gasteiger partial charge in [-0.05, 0) is 30.5 Å². The van der Waals surface area contributed by atoms with Crippen LogP contribution in [-0.2, 0) is 11.3 Å². The van der Waals surface area contributed by atoms with Crippen LogP contribution in [0.3, 0.4) is 0 Å². The number of ether oxygens (including phenoxy) is 1. The monoisotopic (exact) mass is 252 g/mol. The molecule has 18 heavy (non-hydrogen) atoms. The Morgan fingerprint density at radius 2 is 2.11 bits per heavy atom. The van der Waals surface area contributed by atoms with E-state index in [4.69, 9.17) is 4.74 Å². The molecule has 0 amide bonds. The van der Waals surface area contributed by atoms with Gasteiger partial charge < -0.3 is 10.1 Å². The Morgan fingerprint density at radius 1 is 1.33 bits per heavy atom. The summed E-state index contributed by atoms with van der Waals surface area (Å²) in [6.07, 6.45) is 1.89. The Labute approximate surface area is 107 Å². The van der Waals surface area contributed by atoms with E-state index in [0.29, 0.717) is 18.9 Å². The zero-order chi connectivity index (χ0) is 13.4. The zero-order valence-corrected chi connectivity index (χ0v) is 10.9. The second-order valence-electron chi connectivity index (χ2n) is 4.09. The van der Waals surface area contributed by atoms with Crippen LogP contribution < -0.4 is 5.32 Å². The minimum atomic E-state index is -0.366. The number of benzene rings is 1. The van der Waals surface area contributed by atoms with Crippen LogP contribution in [0.2, 0.25) is 0 Å². The van der Waals surface area contributed by atoms with E-state index in [1.54, 1.807) is 12.1 Å². The van der Waals surface area contributed by atoms with E-state index in [1.165, 1.54) is 6.07 Å². The Balaban J connectivity index is 2.80. The van der Waals surface area contributed by atoms with Crippen molar-refractivity contribution in [3.63, 3.8) is 0 Å². The number of nitro groups is 1. The van der Waals surface area contributed by atoms with Gasteiger partial charge in [0.2, 0.25) is 0 Å². The van der Waals surface area contributed by atoms with E-state index < -0.39 is 0 Å². The molecule has 0 heterocycles. The molecule has 0 bridgehead atoms. The first-order valence-corrected chi connectivity index (χ1v) is 6.28. The van der Waals surface area contributed by atoms with Crippen molar-refractivity contribution in [1.82, 2.24) is 0 Å². The van der Waals surface area contributed by atoms with E-state index >= 15 is 0 Å². The lowest BCUT2D eigenvalue weighted by Crippen LogP contribution is -2.04. The van der Waals surface area contributed by atoms with Crippen LogP contribution >= 0.6 is 0 Å². The molecule has 0 aliphatic heterocycles. The normalized spacial score (nSPS) is 10.3. The van der Waals surface area contributed by atoms with Crippen molar-refractivity contribution in [2.75, 3.05) is 18.5 Å². The molecule has 1 N–H and O–H groups in total. The van der Waals surface area contributed by atoms with Crippen LogP contribution in [0, 0.1) is 10.1 Å². The minimum Gasteiger partial charge on any atom is -0.379 e. The second-order valence-corrected chi connectivity index (χ2v) is 4.09. The molecule has 0 aromatic heterocycles. The van der Waals surface area contributed by atoms with Crippen molar-refractivity contribution in [2.24, 2.45) is 0 Å². The number of hydrogen-bond acceptors (Lipinski definition) is 4. The van der Waals surface area contributed by atoms with E-state index in [0.717, 1.165) is 24.9 Å². The predicted octanol–water partition coefficient (Wildman–Crippen LogP) is 3.34. The topological polar surface area (TPSA) is 64.4 Å². The summed E-state index contributed by atoms with van der Waals surface area (Å²) in [6, 6.07) is 5.07. The van der Waals surface area contributed by atoms with Crippen LogP contribution in [0.15, 0.2) is 18.2 Å². The molecule has 1 aromatic rings. The molecule has 0 unspecified atom stereocenters. The van der Waals surface area contributed by atoms with Gasteiger partial charge in [-0.15, -0.1) is 0 Å². The predicted molar refractivity (Wildman–Crippen MR) is 71.8 cm³/mol. The minimum absolute atomic E-state index is 0.114. The van der Waals surface area contributed by atoms with Crippen molar-refractivity contribution in [2.45, 2.75) is 33.3 Å². The summed E-state index contributed by atoms with van der Waals surface area (Å²) < 4.78 is 5.43. The number of anilines is 1. The van der Waals surface area contributed by atoms with Crippen molar-refractivity contribution in [3.05, 3.63) is 33.9 Å². The molecular formula is C13H20N2O3. The SMILES string of the molecule is CCCNc1cc(COCCC)ccc1[N+](=O)[O-]. The Bertz CT molecular complexity index is 394. The molecular weight excluding hydrogens is 232 g/mol. The van der Waals surface area contributed by atoms with Crippen LogP contribution in [0.4, 0.5) is 11.4 Å². The number of nitrogens with zero attached hydrogens (tertiary/aromatic N) is 1. The molecule has 0 saturated heterocycles. The molecule has 0 fully saturated rings. The van der Waals surface area contributed by atoms with Gasteiger partial charge in [0.1, 0.15) is 5.69 Å². The lowest BCUT2D eigenvalue weighted by molar-refractivity contribution is -0.384. The summed E-state index contributed by atoms with van der Waals surface area (Å²) in [5, 5.41) is 14.0. The molecule has 0 atom stereocenters. The average molecular weight is 252 g/mol. The third-order valence-electron chi connectivity index (χ3n) is 2.44. The summed E-state index contributed by atoms with van der Waals surface area (Å²) in [7, 11) is 0. The highest BCUT2D eigenvalue weighted by molar-refractivity contribution is 5.62. The first kappa shape index (κ1) is 14.4. The van der Waals surface area contributed by atoms with Crippen molar-refractivity contribution in [1.29, 1.82) is 0 Å². The quantitative estimate of drug-likeness (QED) is 0.438. The Kier molecular flexibility index (Phi) is 6.14. The summed E-state index contributed by atoms with van der Waals surface area (Å²) in [4.78, 5) is 10.5. The first-order valence-electron chi connectivity index (χ1n) is 6.28. The number of nitrogens with one attached hydrogen (secondary N) is 1. The Morgan fingerprint density at radius 3 is 2.72 bits per heavy atom.